The predicted octanol–water partition coefficient (Wildman–Crippen LogP) is 3.73. The van der Waals surface area contributed by atoms with Crippen LogP contribution in [-0.4, -0.2) is 21.0 Å². The van der Waals surface area contributed by atoms with Crippen molar-refractivity contribution in [2.24, 2.45) is 4.99 Å². The van der Waals surface area contributed by atoms with Gasteiger partial charge in [0.1, 0.15) is 12.7 Å². The summed E-state index contributed by atoms with van der Waals surface area (Å²) in [6, 6.07) is 15.6. The Kier molecular flexibility index (Phi) is 4.07. The maximum Gasteiger partial charge on any atom is 0.137 e. The number of para-hydroxylation sites is 1. The van der Waals surface area contributed by atoms with E-state index >= 15 is 0 Å². The molecule has 0 saturated heterocycles. The smallest absolute Gasteiger partial charge is 0.137 e. The molecule has 2 aromatic carbocycles. The monoisotopic (exact) mass is 296 g/mol. The van der Waals surface area contributed by atoms with Crippen molar-refractivity contribution in [1.29, 1.82) is 0 Å². The van der Waals surface area contributed by atoms with Gasteiger partial charge in [-0.25, -0.2) is 9.67 Å². The lowest BCUT2D eigenvalue weighted by Gasteiger charge is -2.05. The van der Waals surface area contributed by atoms with Crippen molar-refractivity contribution < 1.29 is 0 Å². The Hall–Kier alpha value is -2.46. The molecule has 3 rings (SSSR count). The number of halogens is 1. The van der Waals surface area contributed by atoms with Gasteiger partial charge in [0.05, 0.1) is 12.2 Å². The fourth-order valence-electron chi connectivity index (χ4n) is 1.95. The first-order valence-electron chi connectivity index (χ1n) is 6.51. The van der Waals surface area contributed by atoms with E-state index in [0.717, 1.165) is 21.8 Å². The molecular formula is C16H13ClN4. The molecule has 0 aliphatic rings. The van der Waals surface area contributed by atoms with Crippen LogP contribution in [0.4, 0.5) is 5.69 Å². The number of hydrogen-bond acceptors (Lipinski definition) is 3. The van der Waals surface area contributed by atoms with Gasteiger partial charge >= 0.3 is 0 Å². The highest BCUT2D eigenvalue weighted by Crippen LogP contribution is 2.19. The third kappa shape index (κ3) is 3.55. The van der Waals surface area contributed by atoms with Crippen LogP contribution < -0.4 is 0 Å². The second-order valence-electron chi connectivity index (χ2n) is 4.53. The van der Waals surface area contributed by atoms with Crippen molar-refractivity contribution in [3.63, 3.8) is 0 Å². The molecule has 0 radical (unpaired) electrons. The zero-order valence-corrected chi connectivity index (χ0v) is 12.0. The maximum atomic E-state index is 5.87. The van der Waals surface area contributed by atoms with Gasteiger partial charge in [0.15, 0.2) is 0 Å². The molecule has 0 aliphatic heterocycles. The maximum absolute atomic E-state index is 5.87. The number of benzene rings is 2. The van der Waals surface area contributed by atoms with Crippen molar-refractivity contribution >= 4 is 23.5 Å². The molecule has 0 aliphatic carbocycles. The molecule has 1 aromatic heterocycles. The molecular weight excluding hydrogens is 284 g/mol. The Morgan fingerprint density at radius 1 is 1.10 bits per heavy atom. The third-order valence-corrected chi connectivity index (χ3v) is 3.27. The first-order valence-corrected chi connectivity index (χ1v) is 6.89. The van der Waals surface area contributed by atoms with Crippen LogP contribution >= 0.6 is 11.6 Å². The summed E-state index contributed by atoms with van der Waals surface area (Å²) in [5.74, 6) is 0. The van der Waals surface area contributed by atoms with Gasteiger partial charge in [0, 0.05) is 11.2 Å². The molecule has 104 valence electrons. The van der Waals surface area contributed by atoms with E-state index < -0.39 is 0 Å². The molecule has 0 bridgehead atoms. The summed E-state index contributed by atoms with van der Waals surface area (Å²) < 4.78 is 1.77. The van der Waals surface area contributed by atoms with Crippen molar-refractivity contribution in [2.45, 2.75) is 6.54 Å². The van der Waals surface area contributed by atoms with Gasteiger partial charge in [-0.05, 0) is 29.3 Å². The molecule has 3 aromatic rings. The Morgan fingerprint density at radius 2 is 1.90 bits per heavy atom. The van der Waals surface area contributed by atoms with E-state index in [1.54, 1.807) is 11.0 Å². The van der Waals surface area contributed by atoms with E-state index in [2.05, 4.69) is 15.1 Å². The normalized spacial score (nSPS) is 11.1. The zero-order chi connectivity index (χ0) is 14.5. The Labute approximate surface area is 127 Å². The number of aliphatic imine (C=N–C) groups is 1. The molecule has 0 atom stereocenters. The number of aromatic nitrogens is 3. The zero-order valence-electron chi connectivity index (χ0n) is 11.2. The quantitative estimate of drug-likeness (QED) is 0.689. The summed E-state index contributed by atoms with van der Waals surface area (Å²) in [6.45, 7) is 0.647. The van der Waals surface area contributed by atoms with Gasteiger partial charge < -0.3 is 0 Å². The molecule has 21 heavy (non-hydrogen) atoms. The number of rotatable bonds is 4. The largest absolute Gasteiger partial charge is 0.256 e. The molecule has 0 amide bonds. The standard InChI is InChI=1S/C16H13ClN4/c17-15-7-5-13(6-8-15)9-19-16-4-2-1-3-14(16)10-21-12-18-11-20-21/h1-9,11-12H,10H2. The highest BCUT2D eigenvalue weighted by molar-refractivity contribution is 6.30. The SMILES string of the molecule is Clc1ccc(C=Nc2ccccc2Cn2cncn2)cc1. The molecule has 4 nitrogen and oxygen atoms in total. The van der Waals surface area contributed by atoms with Crippen LogP contribution in [0, 0.1) is 0 Å². The Balaban J connectivity index is 1.83. The van der Waals surface area contributed by atoms with E-state index in [0.29, 0.717) is 6.54 Å². The minimum Gasteiger partial charge on any atom is -0.256 e. The van der Waals surface area contributed by atoms with Crippen LogP contribution in [0.1, 0.15) is 11.1 Å². The highest BCUT2D eigenvalue weighted by Gasteiger charge is 2.01. The lowest BCUT2D eigenvalue weighted by molar-refractivity contribution is 0.685. The lowest BCUT2D eigenvalue weighted by atomic mass is 10.2. The van der Waals surface area contributed by atoms with Crippen molar-refractivity contribution in [1.82, 2.24) is 14.8 Å². The van der Waals surface area contributed by atoms with Crippen molar-refractivity contribution in [3.8, 4) is 0 Å². The van der Waals surface area contributed by atoms with Gasteiger partial charge in [-0.2, -0.15) is 5.10 Å². The van der Waals surface area contributed by atoms with Crippen molar-refractivity contribution in [2.75, 3.05) is 0 Å². The molecule has 0 fully saturated rings. The van der Waals surface area contributed by atoms with Crippen LogP contribution in [0.3, 0.4) is 0 Å². The molecule has 0 N–H and O–H groups in total. The van der Waals surface area contributed by atoms with E-state index in [4.69, 9.17) is 11.6 Å². The van der Waals surface area contributed by atoms with Crippen molar-refractivity contribution in [3.05, 3.63) is 77.3 Å². The van der Waals surface area contributed by atoms with Crippen LogP contribution in [0.5, 0.6) is 0 Å². The first kappa shape index (κ1) is 13.5. The second-order valence-corrected chi connectivity index (χ2v) is 4.97. The average molecular weight is 297 g/mol. The highest BCUT2D eigenvalue weighted by atomic mass is 35.5. The summed E-state index contributed by atoms with van der Waals surface area (Å²) in [6.07, 6.45) is 5.05. The Bertz CT molecular complexity index is 733. The summed E-state index contributed by atoms with van der Waals surface area (Å²) >= 11 is 5.87. The third-order valence-electron chi connectivity index (χ3n) is 3.01. The lowest BCUT2D eigenvalue weighted by Crippen LogP contribution is -2.00. The Morgan fingerprint density at radius 3 is 2.67 bits per heavy atom. The summed E-state index contributed by atoms with van der Waals surface area (Å²) in [5.41, 5.74) is 3.02. The van der Waals surface area contributed by atoms with Crippen LogP contribution in [0.2, 0.25) is 5.02 Å². The van der Waals surface area contributed by atoms with Crippen LogP contribution in [0.15, 0.2) is 66.2 Å². The average Bonchev–Trinajstić information content (AvgIpc) is 3.01. The fourth-order valence-corrected chi connectivity index (χ4v) is 2.08. The van der Waals surface area contributed by atoms with E-state index in [1.165, 1.54) is 6.33 Å². The van der Waals surface area contributed by atoms with Gasteiger partial charge in [-0.3, -0.25) is 4.99 Å². The predicted molar refractivity (Wildman–Crippen MR) is 84.3 cm³/mol. The van der Waals surface area contributed by atoms with E-state index in [1.807, 2.05) is 54.7 Å². The fraction of sp³-hybridized carbons (Fsp3) is 0.0625. The molecule has 1 heterocycles. The number of hydrogen-bond donors (Lipinski definition) is 0. The molecule has 0 saturated carbocycles. The minimum absolute atomic E-state index is 0.647. The minimum atomic E-state index is 0.647. The van der Waals surface area contributed by atoms with Crippen LogP contribution in [-0.2, 0) is 6.54 Å². The summed E-state index contributed by atoms with van der Waals surface area (Å²) in [7, 11) is 0. The summed E-state index contributed by atoms with van der Waals surface area (Å²) in [4.78, 5) is 8.51. The van der Waals surface area contributed by atoms with E-state index in [9.17, 15) is 0 Å². The second kappa shape index (κ2) is 6.33. The molecule has 0 unspecified atom stereocenters. The first-order chi connectivity index (χ1) is 10.3. The molecule has 5 heteroatoms. The van der Waals surface area contributed by atoms with Gasteiger partial charge in [-0.1, -0.05) is 41.9 Å². The molecule has 0 spiro atoms. The van der Waals surface area contributed by atoms with E-state index in [-0.39, 0.29) is 0 Å². The van der Waals surface area contributed by atoms with Gasteiger partial charge in [-0.15, -0.1) is 0 Å². The summed E-state index contributed by atoms with van der Waals surface area (Å²) in [5, 5.41) is 4.84. The topological polar surface area (TPSA) is 43.1 Å². The van der Waals surface area contributed by atoms with Gasteiger partial charge in [0.25, 0.3) is 0 Å². The number of nitrogens with zero attached hydrogens (tertiary/aromatic N) is 4. The van der Waals surface area contributed by atoms with Crippen LogP contribution in [0.25, 0.3) is 0 Å². The van der Waals surface area contributed by atoms with Gasteiger partial charge in [0.2, 0.25) is 0 Å².